The first kappa shape index (κ1) is 16.9. The van der Waals surface area contributed by atoms with E-state index in [0.717, 1.165) is 41.4 Å². The first-order chi connectivity index (χ1) is 12.7. The van der Waals surface area contributed by atoms with Crippen molar-refractivity contribution in [3.05, 3.63) is 47.9 Å². The van der Waals surface area contributed by atoms with E-state index >= 15 is 0 Å². The van der Waals surface area contributed by atoms with Crippen LogP contribution in [-0.4, -0.2) is 15.5 Å². The number of nitrogens with zero attached hydrogens (tertiary/aromatic N) is 2. The Kier molecular flexibility index (Phi) is 4.53. The molecule has 5 nitrogen and oxygen atoms in total. The zero-order valence-corrected chi connectivity index (χ0v) is 15.4. The largest absolute Gasteiger partial charge is 0.466 e. The van der Waals surface area contributed by atoms with Gasteiger partial charge in [-0.2, -0.15) is 0 Å². The summed E-state index contributed by atoms with van der Waals surface area (Å²) >= 11 is 0. The number of amides is 1. The van der Waals surface area contributed by atoms with Gasteiger partial charge in [-0.05, 0) is 43.0 Å². The summed E-state index contributed by atoms with van der Waals surface area (Å²) in [4.78, 5) is 17.0. The fourth-order valence-electron chi connectivity index (χ4n) is 3.49. The second-order valence-electron chi connectivity index (χ2n) is 7.25. The highest BCUT2D eigenvalue weighted by Crippen LogP contribution is 2.47. The molecule has 26 heavy (non-hydrogen) atoms. The van der Waals surface area contributed by atoms with Gasteiger partial charge in [0.05, 0.1) is 11.0 Å². The van der Waals surface area contributed by atoms with Gasteiger partial charge in [0, 0.05) is 25.3 Å². The third-order valence-electron chi connectivity index (χ3n) is 5.11. The number of rotatable bonds is 7. The smallest absolute Gasteiger partial charge is 0.227 e. The van der Waals surface area contributed by atoms with Gasteiger partial charge in [-0.1, -0.05) is 26.0 Å². The van der Waals surface area contributed by atoms with Crippen LogP contribution in [0.5, 0.6) is 0 Å². The van der Waals surface area contributed by atoms with Crippen LogP contribution < -0.4 is 5.32 Å². The lowest BCUT2D eigenvalue weighted by Gasteiger charge is -2.08. The van der Waals surface area contributed by atoms with Crippen molar-refractivity contribution in [3.8, 4) is 0 Å². The normalized spacial score (nSPS) is 19.0. The monoisotopic (exact) mass is 351 g/mol. The van der Waals surface area contributed by atoms with E-state index in [1.54, 1.807) is 0 Å². The fraction of sp³-hybridized carbons (Fsp3) is 0.429. The minimum absolute atomic E-state index is 0.0320. The number of furan rings is 1. The molecule has 5 heteroatoms. The van der Waals surface area contributed by atoms with Gasteiger partial charge >= 0.3 is 0 Å². The Morgan fingerprint density at radius 2 is 2.12 bits per heavy atom. The Morgan fingerprint density at radius 3 is 2.88 bits per heavy atom. The van der Waals surface area contributed by atoms with Gasteiger partial charge in [0.15, 0.2) is 0 Å². The number of fused-ring (bicyclic) bond motifs is 1. The number of para-hydroxylation sites is 2. The van der Waals surface area contributed by atoms with Crippen LogP contribution in [0, 0.1) is 5.92 Å². The fourth-order valence-corrected chi connectivity index (χ4v) is 3.49. The summed E-state index contributed by atoms with van der Waals surface area (Å²) in [6, 6.07) is 12.0. The highest BCUT2D eigenvalue weighted by atomic mass is 16.3. The summed E-state index contributed by atoms with van der Waals surface area (Å²) in [5, 5.41) is 2.98. The molecule has 0 bridgehead atoms. The van der Waals surface area contributed by atoms with Crippen LogP contribution in [-0.2, 0) is 17.8 Å². The number of nitrogens with one attached hydrogen (secondary N) is 1. The van der Waals surface area contributed by atoms with Crippen molar-refractivity contribution in [1.29, 1.82) is 0 Å². The predicted octanol–water partition coefficient (Wildman–Crippen LogP) is 4.73. The molecule has 136 valence electrons. The van der Waals surface area contributed by atoms with Crippen molar-refractivity contribution in [2.45, 2.75) is 52.0 Å². The molecule has 2 unspecified atom stereocenters. The third-order valence-corrected chi connectivity index (χ3v) is 5.11. The Labute approximate surface area is 153 Å². The number of hydrogen-bond acceptors (Lipinski definition) is 3. The first-order valence-corrected chi connectivity index (χ1v) is 9.49. The molecule has 2 aromatic heterocycles. The Morgan fingerprint density at radius 1 is 1.31 bits per heavy atom. The summed E-state index contributed by atoms with van der Waals surface area (Å²) in [5.41, 5.74) is 1.96. The minimum atomic E-state index is -0.0320. The molecule has 0 saturated heterocycles. The Balaban J connectivity index is 1.41. The zero-order valence-electron chi connectivity index (χ0n) is 15.4. The zero-order chi connectivity index (χ0) is 18.1. The number of hydrogen-bond donors (Lipinski definition) is 1. The van der Waals surface area contributed by atoms with E-state index < -0.39 is 0 Å². The van der Waals surface area contributed by atoms with Crippen LogP contribution in [0.3, 0.4) is 0 Å². The standard InChI is InChI=1S/C21H25N3O2/c1-3-12-24-18-7-5-4-6-17(18)22-21(24)23-20(25)11-9-15-8-10-19(26-15)16-13-14(16)2/h4-8,10,14,16H,3,9,11-13H2,1-2H3,(H,22,23,25). The SMILES string of the molecule is CCCn1c(NC(=O)CCc2ccc(C3CC3C)o2)nc2ccccc21. The van der Waals surface area contributed by atoms with E-state index in [0.29, 0.717) is 24.7 Å². The molecule has 0 radical (unpaired) electrons. The molecule has 1 N–H and O–H groups in total. The van der Waals surface area contributed by atoms with Crippen LogP contribution in [0.2, 0.25) is 0 Å². The molecule has 0 spiro atoms. The molecule has 2 atom stereocenters. The third kappa shape index (κ3) is 3.39. The number of imidazole rings is 1. The second-order valence-corrected chi connectivity index (χ2v) is 7.25. The molecule has 1 aromatic carbocycles. The van der Waals surface area contributed by atoms with Gasteiger partial charge < -0.3 is 8.98 Å². The molecule has 1 fully saturated rings. The Bertz CT molecular complexity index is 924. The quantitative estimate of drug-likeness (QED) is 0.669. The minimum Gasteiger partial charge on any atom is -0.466 e. The second kappa shape index (κ2) is 6.98. The van der Waals surface area contributed by atoms with E-state index in [1.807, 2.05) is 30.3 Å². The number of anilines is 1. The maximum Gasteiger partial charge on any atom is 0.227 e. The molecule has 2 heterocycles. The van der Waals surface area contributed by atoms with Gasteiger partial charge in [-0.25, -0.2) is 4.98 Å². The Hall–Kier alpha value is -2.56. The molecule has 3 aromatic rings. The average Bonchev–Trinajstić information content (AvgIpc) is 3.06. The lowest BCUT2D eigenvalue weighted by Crippen LogP contribution is -2.16. The number of carbonyl (C=O) groups excluding carboxylic acids is 1. The lowest BCUT2D eigenvalue weighted by molar-refractivity contribution is -0.116. The summed E-state index contributed by atoms with van der Waals surface area (Å²) < 4.78 is 7.96. The molecule has 1 saturated carbocycles. The highest BCUT2D eigenvalue weighted by molar-refractivity contribution is 5.91. The summed E-state index contributed by atoms with van der Waals surface area (Å²) in [6.07, 6.45) is 3.20. The molecular formula is C21H25N3O2. The van der Waals surface area contributed by atoms with Crippen LogP contribution >= 0.6 is 0 Å². The topological polar surface area (TPSA) is 60.1 Å². The molecular weight excluding hydrogens is 326 g/mol. The van der Waals surface area contributed by atoms with E-state index in [9.17, 15) is 4.79 Å². The summed E-state index contributed by atoms with van der Waals surface area (Å²) in [6.45, 7) is 5.19. The summed E-state index contributed by atoms with van der Waals surface area (Å²) in [7, 11) is 0. The summed E-state index contributed by atoms with van der Waals surface area (Å²) in [5.74, 6) is 3.85. The van der Waals surface area contributed by atoms with Crippen LogP contribution in [0.25, 0.3) is 11.0 Å². The van der Waals surface area contributed by atoms with E-state index in [4.69, 9.17) is 4.42 Å². The molecule has 1 aliphatic rings. The number of aryl methyl sites for hydroxylation is 2. The molecule has 0 aliphatic heterocycles. The van der Waals surface area contributed by atoms with Crippen LogP contribution in [0.1, 0.15) is 50.5 Å². The van der Waals surface area contributed by atoms with E-state index in [1.165, 1.54) is 6.42 Å². The average molecular weight is 351 g/mol. The van der Waals surface area contributed by atoms with Crippen molar-refractivity contribution in [3.63, 3.8) is 0 Å². The van der Waals surface area contributed by atoms with Gasteiger partial charge in [-0.3, -0.25) is 10.1 Å². The molecule has 1 amide bonds. The first-order valence-electron chi connectivity index (χ1n) is 9.49. The number of benzene rings is 1. The van der Waals surface area contributed by atoms with E-state index in [2.05, 4.69) is 34.8 Å². The van der Waals surface area contributed by atoms with Gasteiger partial charge in [0.2, 0.25) is 11.9 Å². The van der Waals surface area contributed by atoms with Crippen molar-refractivity contribution in [2.24, 2.45) is 5.92 Å². The maximum absolute atomic E-state index is 12.4. The maximum atomic E-state index is 12.4. The van der Waals surface area contributed by atoms with Gasteiger partial charge in [-0.15, -0.1) is 0 Å². The van der Waals surface area contributed by atoms with Crippen molar-refractivity contribution < 1.29 is 9.21 Å². The van der Waals surface area contributed by atoms with Crippen molar-refractivity contribution in [1.82, 2.24) is 9.55 Å². The van der Waals surface area contributed by atoms with Crippen LogP contribution in [0.15, 0.2) is 40.8 Å². The van der Waals surface area contributed by atoms with Crippen molar-refractivity contribution >= 4 is 22.9 Å². The lowest BCUT2D eigenvalue weighted by atomic mass is 10.2. The van der Waals surface area contributed by atoms with E-state index in [-0.39, 0.29) is 5.91 Å². The van der Waals surface area contributed by atoms with Crippen LogP contribution in [0.4, 0.5) is 5.95 Å². The van der Waals surface area contributed by atoms with Crippen molar-refractivity contribution in [2.75, 3.05) is 5.32 Å². The van der Waals surface area contributed by atoms with Gasteiger partial charge in [0.1, 0.15) is 11.5 Å². The van der Waals surface area contributed by atoms with Gasteiger partial charge in [0.25, 0.3) is 0 Å². The molecule has 1 aliphatic carbocycles. The predicted molar refractivity (Wildman–Crippen MR) is 102 cm³/mol. The number of aromatic nitrogens is 2. The number of carbonyl (C=O) groups is 1. The highest BCUT2D eigenvalue weighted by Gasteiger charge is 2.36. The molecule has 4 rings (SSSR count).